The molecule has 0 aliphatic heterocycles. The average Bonchev–Trinajstić information content (AvgIpc) is 3.12. The first kappa shape index (κ1) is 24.2. The first-order chi connectivity index (χ1) is 13.8. The van der Waals surface area contributed by atoms with Gasteiger partial charge in [-0.2, -0.15) is 5.26 Å². The first-order valence-electron chi connectivity index (χ1n) is 9.59. The van der Waals surface area contributed by atoms with Gasteiger partial charge >= 0.3 is 0 Å². The molecule has 1 atom stereocenters. The van der Waals surface area contributed by atoms with Crippen molar-refractivity contribution in [2.24, 2.45) is 9.50 Å². The smallest absolute Gasteiger partial charge is 0.259 e. The van der Waals surface area contributed by atoms with Gasteiger partial charge < -0.3 is 5.11 Å². The number of aromatic nitrogens is 1. The molecule has 1 unspecified atom stereocenters. The van der Waals surface area contributed by atoms with Crippen LogP contribution in [0.15, 0.2) is 26.9 Å². The van der Waals surface area contributed by atoms with Crippen LogP contribution in [0.1, 0.15) is 80.6 Å². The van der Waals surface area contributed by atoms with E-state index in [9.17, 15) is 19.4 Å². The Hall–Kier alpha value is -2.12. The highest BCUT2D eigenvalue weighted by atomic mass is 32.2. The molecule has 0 bridgehead atoms. The molecule has 0 aliphatic rings. The molecule has 2 aromatic rings. The van der Waals surface area contributed by atoms with Gasteiger partial charge in [-0.15, -0.1) is 15.7 Å². The van der Waals surface area contributed by atoms with Gasteiger partial charge in [-0.05, 0) is 54.5 Å². The van der Waals surface area contributed by atoms with E-state index < -0.39 is 21.4 Å². The monoisotopic (exact) mass is 448 g/mol. The maximum absolute atomic E-state index is 12.9. The van der Waals surface area contributed by atoms with Crippen molar-refractivity contribution < 1.29 is 14.1 Å². The van der Waals surface area contributed by atoms with Gasteiger partial charge in [-0.1, -0.05) is 27.7 Å². The fourth-order valence-corrected chi connectivity index (χ4v) is 5.21. The molecule has 1 aromatic heterocycles. The van der Waals surface area contributed by atoms with Gasteiger partial charge in [0.2, 0.25) is 0 Å². The molecule has 1 heterocycles. The number of aliphatic hydroxyl groups is 1. The van der Waals surface area contributed by atoms with Crippen LogP contribution in [0.25, 0.3) is 0 Å². The van der Waals surface area contributed by atoms with Crippen LogP contribution in [0.5, 0.6) is 0 Å². The lowest BCUT2D eigenvalue weighted by atomic mass is 9.85. The molecule has 3 N–H and O–H groups in total. The van der Waals surface area contributed by atoms with E-state index >= 15 is 0 Å². The summed E-state index contributed by atoms with van der Waals surface area (Å²) >= 11 is 0.972. The molecular formula is C21H28N4O3S2. The van der Waals surface area contributed by atoms with Crippen LogP contribution in [0.4, 0.5) is 0 Å². The summed E-state index contributed by atoms with van der Waals surface area (Å²) in [4.78, 5) is 16.8. The largest absolute Gasteiger partial charge is 0.383 e. The zero-order valence-electron chi connectivity index (χ0n) is 18.1. The van der Waals surface area contributed by atoms with E-state index in [1.807, 2.05) is 27.7 Å². The molecule has 0 spiro atoms. The van der Waals surface area contributed by atoms with Crippen molar-refractivity contribution in [1.82, 2.24) is 4.98 Å². The van der Waals surface area contributed by atoms with Gasteiger partial charge in [0.05, 0.1) is 24.3 Å². The van der Waals surface area contributed by atoms with E-state index in [0.717, 1.165) is 28.0 Å². The maximum Gasteiger partial charge on any atom is 0.259 e. The molecule has 9 heteroatoms. The van der Waals surface area contributed by atoms with E-state index in [-0.39, 0.29) is 22.5 Å². The molecule has 0 saturated heterocycles. The van der Waals surface area contributed by atoms with Crippen LogP contribution < -0.4 is 5.14 Å². The van der Waals surface area contributed by atoms with Crippen molar-refractivity contribution in [3.63, 3.8) is 0 Å². The lowest BCUT2D eigenvalue weighted by Crippen LogP contribution is -2.16. The van der Waals surface area contributed by atoms with Crippen LogP contribution in [0, 0.1) is 11.3 Å². The number of carbonyl (C=O) groups is 1. The van der Waals surface area contributed by atoms with E-state index in [1.165, 1.54) is 6.20 Å². The van der Waals surface area contributed by atoms with Crippen molar-refractivity contribution in [2.45, 2.75) is 69.6 Å². The second-order valence-corrected chi connectivity index (χ2v) is 11.4. The van der Waals surface area contributed by atoms with E-state index in [2.05, 4.69) is 15.4 Å². The van der Waals surface area contributed by atoms with Gasteiger partial charge in [0.1, 0.15) is 14.8 Å². The topological polar surface area (TPSA) is 129 Å². The lowest BCUT2D eigenvalue weighted by molar-refractivity contribution is -0.117. The van der Waals surface area contributed by atoms with Gasteiger partial charge in [0, 0.05) is 0 Å². The zero-order chi connectivity index (χ0) is 22.9. The Bertz CT molecular complexity index is 1080. The second kappa shape index (κ2) is 8.94. The van der Waals surface area contributed by atoms with Crippen molar-refractivity contribution >= 4 is 27.2 Å². The van der Waals surface area contributed by atoms with Gasteiger partial charge in [0.15, 0.2) is 9.92 Å². The van der Waals surface area contributed by atoms with Crippen molar-refractivity contribution in [3.8, 4) is 6.07 Å². The molecule has 0 fully saturated rings. The summed E-state index contributed by atoms with van der Waals surface area (Å²) < 4.78 is 16.8. The number of hydrogen-bond acceptors (Lipinski definition) is 6. The zero-order valence-corrected chi connectivity index (χ0v) is 19.7. The summed E-state index contributed by atoms with van der Waals surface area (Å²) in [6.07, 6.45) is 1.23. The van der Waals surface area contributed by atoms with Crippen LogP contribution in [-0.4, -0.2) is 20.2 Å². The summed E-state index contributed by atoms with van der Waals surface area (Å²) in [5.74, 6) is -0.414. The normalized spacial score (nSPS) is 13.9. The predicted octanol–water partition coefficient (Wildman–Crippen LogP) is 3.96. The maximum atomic E-state index is 12.9. The third-order valence-electron chi connectivity index (χ3n) is 4.55. The number of amides is 1. The Labute approximate surface area is 182 Å². The van der Waals surface area contributed by atoms with Gasteiger partial charge in [-0.3, -0.25) is 4.79 Å². The van der Waals surface area contributed by atoms with E-state index in [1.54, 1.807) is 26.0 Å². The number of hydrogen-bond donors (Lipinski definition) is 2. The molecule has 1 amide bonds. The quantitative estimate of drug-likeness (QED) is 0.691. The Kier molecular flexibility index (Phi) is 7.20. The van der Waals surface area contributed by atoms with Crippen LogP contribution in [0.2, 0.25) is 0 Å². The number of carbonyl (C=O) groups excluding carboxylic acids is 1. The fourth-order valence-electron chi connectivity index (χ4n) is 3.07. The molecule has 30 heavy (non-hydrogen) atoms. The third-order valence-corrected chi connectivity index (χ3v) is 7.78. The molecule has 0 aliphatic carbocycles. The number of nitrogens with zero attached hydrogens (tertiary/aromatic N) is 3. The molecular weight excluding hydrogens is 420 g/mol. The highest BCUT2D eigenvalue weighted by Crippen LogP contribution is 2.31. The van der Waals surface area contributed by atoms with Crippen LogP contribution >= 0.6 is 11.3 Å². The molecule has 7 nitrogen and oxygen atoms in total. The Balaban J connectivity index is 2.48. The molecule has 1 aromatic carbocycles. The SMILES string of the molecule is CC(C)c1cc(C#N)cc(C(C)C)c1CC(=O)N=S(N)(=O)c1cnc(C(C)(C)O)s1. The minimum absolute atomic E-state index is 0.0575. The predicted molar refractivity (Wildman–Crippen MR) is 118 cm³/mol. The van der Waals surface area contributed by atoms with Crippen molar-refractivity contribution in [2.75, 3.05) is 0 Å². The fraction of sp³-hybridized carbons (Fsp3) is 0.476. The molecule has 2 rings (SSSR count). The van der Waals surface area contributed by atoms with Crippen molar-refractivity contribution in [1.29, 1.82) is 5.26 Å². The standard InChI is InChI=1S/C21H28N4O3S2/c1-12(2)15-7-14(10-22)8-16(13(3)4)17(15)9-18(26)25-30(23,28)19-11-24-20(29-19)21(5,6)27/h7-8,11-13,27H,9H2,1-6H3,(H2,23,25,26,28). The number of nitrogens with two attached hydrogens (primary N) is 1. The van der Waals surface area contributed by atoms with Crippen molar-refractivity contribution in [3.05, 3.63) is 45.6 Å². The molecule has 0 radical (unpaired) electrons. The highest BCUT2D eigenvalue weighted by Gasteiger charge is 2.24. The lowest BCUT2D eigenvalue weighted by Gasteiger charge is -2.19. The summed E-state index contributed by atoms with van der Waals surface area (Å²) in [6.45, 7) is 11.1. The Morgan fingerprint density at radius 1 is 1.30 bits per heavy atom. The Morgan fingerprint density at radius 3 is 2.23 bits per heavy atom. The third kappa shape index (κ3) is 5.52. The molecule has 162 valence electrons. The Morgan fingerprint density at radius 2 is 1.83 bits per heavy atom. The summed E-state index contributed by atoms with van der Waals surface area (Å²) in [6, 6.07) is 5.75. The first-order valence-corrected chi connectivity index (χ1v) is 12.0. The number of rotatable bonds is 6. The van der Waals surface area contributed by atoms with Gasteiger partial charge in [0.25, 0.3) is 5.91 Å². The van der Waals surface area contributed by atoms with Gasteiger partial charge in [-0.25, -0.2) is 14.3 Å². The number of thiazole rings is 1. The minimum Gasteiger partial charge on any atom is -0.383 e. The number of benzene rings is 1. The number of nitriles is 1. The average molecular weight is 449 g/mol. The van der Waals surface area contributed by atoms with E-state index in [0.29, 0.717) is 10.6 Å². The van der Waals surface area contributed by atoms with E-state index in [4.69, 9.17) is 5.14 Å². The highest BCUT2D eigenvalue weighted by molar-refractivity contribution is 7.93. The van der Waals surface area contributed by atoms with Crippen LogP contribution in [0.3, 0.4) is 0 Å². The summed E-state index contributed by atoms with van der Waals surface area (Å²) in [5.41, 5.74) is 1.92. The van der Waals surface area contributed by atoms with Crippen LogP contribution in [-0.2, 0) is 26.7 Å². The summed E-state index contributed by atoms with van der Waals surface area (Å²) in [5, 5.41) is 25.6. The second-order valence-electron chi connectivity index (χ2n) is 8.33. The minimum atomic E-state index is -3.48. The molecule has 0 saturated carbocycles. The summed E-state index contributed by atoms with van der Waals surface area (Å²) in [7, 11) is -3.48.